The second-order valence-electron chi connectivity index (χ2n) is 4.92. The van der Waals surface area contributed by atoms with E-state index in [0.29, 0.717) is 11.3 Å². The molecule has 2 aromatic carbocycles. The van der Waals surface area contributed by atoms with Gasteiger partial charge < -0.3 is 10.4 Å². The van der Waals surface area contributed by atoms with Crippen molar-refractivity contribution in [3.63, 3.8) is 0 Å². The standard InChI is InChI=1S/C17H13ClF3NO2/c18-15-6-4-11(9-14(15)17(19,20)21)5-7-16(24)22-13-3-1-2-12(8-13)10-23/h1-9,23H,10H2,(H,22,24)/b7-5+. The largest absolute Gasteiger partial charge is 0.417 e. The molecule has 0 aliphatic carbocycles. The number of hydrogen-bond donors (Lipinski definition) is 2. The molecular weight excluding hydrogens is 343 g/mol. The van der Waals surface area contributed by atoms with E-state index in [4.69, 9.17) is 16.7 Å². The van der Waals surface area contributed by atoms with E-state index in [-0.39, 0.29) is 12.2 Å². The predicted molar refractivity (Wildman–Crippen MR) is 86.5 cm³/mol. The number of nitrogens with one attached hydrogen (secondary N) is 1. The SMILES string of the molecule is O=C(/C=C/c1ccc(Cl)c(C(F)(F)F)c1)Nc1cccc(CO)c1. The highest BCUT2D eigenvalue weighted by atomic mass is 35.5. The molecule has 0 aromatic heterocycles. The van der Waals surface area contributed by atoms with E-state index in [9.17, 15) is 18.0 Å². The first kappa shape index (κ1) is 18.0. The fourth-order valence-electron chi connectivity index (χ4n) is 1.97. The molecule has 2 aromatic rings. The summed E-state index contributed by atoms with van der Waals surface area (Å²) in [7, 11) is 0. The van der Waals surface area contributed by atoms with Crippen LogP contribution in [0.1, 0.15) is 16.7 Å². The normalized spacial score (nSPS) is 11.7. The van der Waals surface area contributed by atoms with E-state index in [1.54, 1.807) is 24.3 Å². The molecule has 0 aliphatic rings. The highest BCUT2D eigenvalue weighted by Gasteiger charge is 2.33. The fourth-order valence-corrected chi connectivity index (χ4v) is 2.19. The summed E-state index contributed by atoms with van der Waals surface area (Å²) in [6.45, 7) is -0.162. The van der Waals surface area contributed by atoms with Crippen molar-refractivity contribution in [2.24, 2.45) is 0 Å². The predicted octanol–water partition coefficient (Wildman–Crippen LogP) is 4.50. The number of halogens is 4. The van der Waals surface area contributed by atoms with Crippen molar-refractivity contribution in [1.82, 2.24) is 0 Å². The fraction of sp³-hybridized carbons (Fsp3) is 0.118. The molecule has 0 aliphatic heterocycles. The summed E-state index contributed by atoms with van der Waals surface area (Å²) >= 11 is 5.54. The van der Waals surface area contributed by atoms with Crippen molar-refractivity contribution in [2.45, 2.75) is 12.8 Å². The third-order valence-electron chi connectivity index (χ3n) is 3.10. The molecule has 0 bridgehead atoms. The van der Waals surface area contributed by atoms with Crippen LogP contribution in [0.15, 0.2) is 48.5 Å². The summed E-state index contributed by atoms with van der Waals surface area (Å²) in [6.07, 6.45) is -2.18. The summed E-state index contributed by atoms with van der Waals surface area (Å²) in [5.41, 5.74) is 0.348. The molecule has 3 nitrogen and oxygen atoms in total. The third-order valence-corrected chi connectivity index (χ3v) is 3.43. The van der Waals surface area contributed by atoms with Gasteiger partial charge in [0.05, 0.1) is 17.2 Å². The summed E-state index contributed by atoms with van der Waals surface area (Å²) in [4.78, 5) is 11.8. The van der Waals surface area contributed by atoms with Crippen molar-refractivity contribution in [1.29, 1.82) is 0 Å². The number of aliphatic hydroxyl groups is 1. The van der Waals surface area contributed by atoms with Crippen LogP contribution in [0.25, 0.3) is 6.08 Å². The Morgan fingerprint density at radius 3 is 2.62 bits per heavy atom. The minimum Gasteiger partial charge on any atom is -0.392 e. The summed E-state index contributed by atoms with van der Waals surface area (Å²) in [5, 5.41) is 11.2. The van der Waals surface area contributed by atoms with Gasteiger partial charge in [-0.1, -0.05) is 29.8 Å². The Bertz CT molecular complexity index is 773. The van der Waals surface area contributed by atoms with Gasteiger partial charge in [-0.3, -0.25) is 4.79 Å². The van der Waals surface area contributed by atoms with Gasteiger partial charge in [-0.05, 0) is 41.5 Å². The van der Waals surface area contributed by atoms with Gasteiger partial charge in [0.25, 0.3) is 0 Å². The monoisotopic (exact) mass is 355 g/mol. The first-order chi connectivity index (χ1) is 11.3. The Balaban J connectivity index is 2.11. The quantitative estimate of drug-likeness (QED) is 0.793. The van der Waals surface area contributed by atoms with Crippen molar-refractivity contribution in [2.75, 3.05) is 5.32 Å². The van der Waals surface area contributed by atoms with Gasteiger partial charge in [-0.25, -0.2) is 0 Å². The molecule has 1 amide bonds. The molecule has 0 heterocycles. The van der Waals surface area contributed by atoms with Gasteiger partial charge in [0.15, 0.2) is 0 Å². The highest BCUT2D eigenvalue weighted by molar-refractivity contribution is 6.31. The molecule has 24 heavy (non-hydrogen) atoms. The van der Waals surface area contributed by atoms with E-state index >= 15 is 0 Å². The molecule has 0 fully saturated rings. The number of anilines is 1. The molecule has 0 atom stereocenters. The van der Waals surface area contributed by atoms with Gasteiger partial charge in [-0.15, -0.1) is 0 Å². The number of alkyl halides is 3. The van der Waals surface area contributed by atoms with Gasteiger partial charge in [0.2, 0.25) is 5.91 Å². The molecule has 2 rings (SSSR count). The summed E-state index contributed by atoms with van der Waals surface area (Å²) < 4.78 is 38.3. The van der Waals surface area contributed by atoms with E-state index in [2.05, 4.69) is 5.32 Å². The average Bonchev–Trinajstić information content (AvgIpc) is 2.53. The van der Waals surface area contributed by atoms with Gasteiger partial charge in [0.1, 0.15) is 0 Å². The molecule has 0 spiro atoms. The van der Waals surface area contributed by atoms with Gasteiger partial charge in [0, 0.05) is 11.8 Å². The van der Waals surface area contributed by atoms with E-state index in [1.807, 2.05) is 0 Å². The minimum absolute atomic E-state index is 0.162. The Morgan fingerprint density at radius 2 is 1.96 bits per heavy atom. The summed E-state index contributed by atoms with van der Waals surface area (Å²) in [5.74, 6) is -0.506. The first-order valence-electron chi connectivity index (χ1n) is 6.85. The number of rotatable bonds is 4. The number of benzene rings is 2. The van der Waals surface area contributed by atoms with Crippen LogP contribution in [-0.4, -0.2) is 11.0 Å². The third kappa shape index (κ3) is 4.84. The van der Waals surface area contributed by atoms with Crippen molar-refractivity contribution in [3.05, 3.63) is 70.3 Å². The first-order valence-corrected chi connectivity index (χ1v) is 7.23. The van der Waals surface area contributed by atoms with Crippen LogP contribution in [-0.2, 0) is 17.6 Å². The van der Waals surface area contributed by atoms with Crippen molar-refractivity contribution < 1.29 is 23.1 Å². The van der Waals surface area contributed by atoms with Gasteiger partial charge in [-0.2, -0.15) is 13.2 Å². The molecule has 126 valence electrons. The number of carbonyl (C=O) groups is 1. The topological polar surface area (TPSA) is 49.3 Å². The zero-order valence-corrected chi connectivity index (χ0v) is 13.0. The van der Waals surface area contributed by atoms with E-state index in [1.165, 1.54) is 12.1 Å². The second-order valence-corrected chi connectivity index (χ2v) is 5.33. The van der Waals surface area contributed by atoms with Crippen molar-refractivity contribution >= 4 is 29.3 Å². The maximum atomic E-state index is 12.8. The smallest absolute Gasteiger partial charge is 0.392 e. The van der Waals surface area contributed by atoms with Crippen LogP contribution in [0.4, 0.5) is 18.9 Å². The maximum Gasteiger partial charge on any atom is 0.417 e. The molecule has 0 radical (unpaired) electrons. The Hall–Kier alpha value is -2.31. The maximum absolute atomic E-state index is 12.8. The molecule has 0 saturated carbocycles. The van der Waals surface area contributed by atoms with Crippen molar-refractivity contribution in [3.8, 4) is 0 Å². The number of hydrogen-bond acceptors (Lipinski definition) is 2. The minimum atomic E-state index is -4.56. The van der Waals surface area contributed by atoms with Gasteiger partial charge >= 0.3 is 6.18 Å². The van der Waals surface area contributed by atoms with Crippen LogP contribution in [0.3, 0.4) is 0 Å². The highest BCUT2D eigenvalue weighted by Crippen LogP contribution is 2.35. The lowest BCUT2D eigenvalue weighted by Crippen LogP contribution is -2.08. The number of amides is 1. The zero-order chi connectivity index (χ0) is 17.7. The van der Waals surface area contributed by atoms with E-state index < -0.39 is 22.7 Å². The van der Waals surface area contributed by atoms with Crippen LogP contribution >= 0.6 is 11.6 Å². The lowest BCUT2D eigenvalue weighted by molar-refractivity contribution is -0.137. The number of carbonyl (C=O) groups excluding carboxylic acids is 1. The van der Waals surface area contributed by atoms with Crippen LogP contribution in [0.2, 0.25) is 5.02 Å². The van der Waals surface area contributed by atoms with Crippen LogP contribution < -0.4 is 5.32 Å². The zero-order valence-electron chi connectivity index (χ0n) is 12.3. The Labute approximate surface area is 141 Å². The molecular formula is C17H13ClF3NO2. The molecule has 0 unspecified atom stereocenters. The lowest BCUT2D eigenvalue weighted by Gasteiger charge is -2.09. The molecule has 2 N–H and O–H groups in total. The Morgan fingerprint density at radius 1 is 1.21 bits per heavy atom. The second kappa shape index (κ2) is 7.51. The van der Waals surface area contributed by atoms with Crippen LogP contribution in [0.5, 0.6) is 0 Å². The van der Waals surface area contributed by atoms with Crippen LogP contribution in [0, 0.1) is 0 Å². The average molecular weight is 356 g/mol. The Kier molecular flexibility index (Phi) is 5.64. The molecule has 7 heteroatoms. The number of aliphatic hydroxyl groups excluding tert-OH is 1. The summed E-state index contributed by atoms with van der Waals surface area (Å²) in [6, 6.07) is 9.97. The molecule has 0 saturated heterocycles. The van der Waals surface area contributed by atoms with E-state index in [0.717, 1.165) is 18.2 Å². The lowest BCUT2D eigenvalue weighted by atomic mass is 10.1.